The van der Waals surface area contributed by atoms with E-state index in [1.54, 1.807) is 17.8 Å². The second-order valence-electron chi connectivity index (χ2n) is 6.94. The van der Waals surface area contributed by atoms with Crippen molar-refractivity contribution < 1.29 is 9.53 Å². The van der Waals surface area contributed by atoms with Crippen LogP contribution in [-0.2, 0) is 4.79 Å². The molecule has 0 atom stereocenters. The molecule has 0 aromatic heterocycles. The van der Waals surface area contributed by atoms with Gasteiger partial charge in [-0.05, 0) is 41.7 Å². The van der Waals surface area contributed by atoms with Gasteiger partial charge in [0.1, 0.15) is 11.5 Å². The van der Waals surface area contributed by atoms with Gasteiger partial charge in [0.15, 0.2) is 5.78 Å². The third-order valence-electron chi connectivity index (χ3n) is 4.26. The van der Waals surface area contributed by atoms with E-state index >= 15 is 0 Å². The van der Waals surface area contributed by atoms with Crippen LogP contribution in [0.4, 0.5) is 0 Å². The van der Waals surface area contributed by atoms with E-state index < -0.39 is 0 Å². The van der Waals surface area contributed by atoms with Gasteiger partial charge in [0.05, 0.1) is 9.79 Å². The zero-order valence-electron chi connectivity index (χ0n) is 13.3. The first-order valence-corrected chi connectivity index (χ1v) is 8.65. The Morgan fingerprint density at radius 2 is 1.78 bits per heavy atom. The Kier molecular flexibility index (Phi) is 3.34. The van der Waals surface area contributed by atoms with E-state index in [1.165, 1.54) is 0 Å². The summed E-state index contributed by atoms with van der Waals surface area (Å²) in [5, 5.41) is 0. The lowest BCUT2D eigenvalue weighted by Crippen LogP contribution is -2.21. The van der Waals surface area contributed by atoms with E-state index in [0.717, 1.165) is 38.8 Å². The van der Waals surface area contributed by atoms with Crippen LogP contribution in [0.5, 0.6) is 11.5 Å². The van der Waals surface area contributed by atoms with Crippen LogP contribution in [0, 0.1) is 5.41 Å². The molecule has 1 aliphatic heterocycles. The van der Waals surface area contributed by atoms with Gasteiger partial charge in [0.2, 0.25) is 0 Å². The van der Waals surface area contributed by atoms with Crippen LogP contribution in [0.25, 0.3) is 5.57 Å². The molecule has 0 fully saturated rings. The molecular formula is C20H18O2S. The average Bonchev–Trinajstić information content (AvgIpc) is 2.50. The molecular weight excluding hydrogens is 304 g/mol. The summed E-state index contributed by atoms with van der Waals surface area (Å²) in [4.78, 5) is 14.3. The van der Waals surface area contributed by atoms with Gasteiger partial charge in [-0.25, -0.2) is 0 Å². The molecule has 0 spiro atoms. The van der Waals surface area contributed by atoms with E-state index in [4.69, 9.17) is 4.74 Å². The van der Waals surface area contributed by atoms with Crippen LogP contribution >= 0.6 is 11.8 Å². The van der Waals surface area contributed by atoms with Crippen LogP contribution in [0.15, 0.2) is 58.3 Å². The van der Waals surface area contributed by atoms with Crippen LogP contribution in [0.2, 0.25) is 0 Å². The molecule has 0 saturated carbocycles. The number of carbonyl (C=O) groups excluding carboxylic acids is 1. The SMILES string of the molecule is CC1(C)CC(=O)C=C(c2cccc3c2Oc2ccccc2S3)C1. The zero-order chi connectivity index (χ0) is 16.0. The summed E-state index contributed by atoms with van der Waals surface area (Å²) >= 11 is 1.72. The van der Waals surface area contributed by atoms with Gasteiger partial charge in [-0.1, -0.05) is 49.9 Å². The predicted octanol–water partition coefficient (Wildman–Crippen LogP) is 5.72. The molecule has 2 nitrogen and oxygen atoms in total. The van der Waals surface area contributed by atoms with E-state index in [0.29, 0.717) is 6.42 Å². The third kappa shape index (κ3) is 2.70. The summed E-state index contributed by atoms with van der Waals surface area (Å²) in [5.74, 6) is 1.98. The van der Waals surface area contributed by atoms with Crippen molar-refractivity contribution in [1.82, 2.24) is 0 Å². The van der Waals surface area contributed by atoms with E-state index in [2.05, 4.69) is 32.0 Å². The highest BCUT2D eigenvalue weighted by Crippen LogP contribution is 2.51. The number of allylic oxidation sites excluding steroid dienone is 2. The maximum atomic E-state index is 12.1. The van der Waals surface area contributed by atoms with Crippen molar-refractivity contribution in [2.75, 3.05) is 0 Å². The van der Waals surface area contributed by atoms with Crippen molar-refractivity contribution in [3.8, 4) is 11.5 Å². The number of hydrogen-bond donors (Lipinski definition) is 0. The van der Waals surface area contributed by atoms with Gasteiger partial charge < -0.3 is 4.74 Å². The van der Waals surface area contributed by atoms with Crippen molar-refractivity contribution in [2.24, 2.45) is 5.41 Å². The summed E-state index contributed by atoms with van der Waals surface area (Å²) in [6.07, 6.45) is 3.31. The number of hydrogen-bond acceptors (Lipinski definition) is 3. The molecule has 0 unspecified atom stereocenters. The van der Waals surface area contributed by atoms with Crippen LogP contribution < -0.4 is 4.74 Å². The largest absolute Gasteiger partial charge is 0.454 e. The lowest BCUT2D eigenvalue weighted by Gasteiger charge is -2.30. The summed E-state index contributed by atoms with van der Waals surface area (Å²) in [5.41, 5.74) is 2.14. The second kappa shape index (κ2) is 5.27. The molecule has 2 aromatic carbocycles. The molecule has 2 aliphatic rings. The van der Waals surface area contributed by atoms with Gasteiger partial charge in [-0.2, -0.15) is 0 Å². The molecule has 0 radical (unpaired) electrons. The van der Waals surface area contributed by atoms with Crippen LogP contribution in [-0.4, -0.2) is 5.78 Å². The third-order valence-corrected chi connectivity index (χ3v) is 5.36. The van der Waals surface area contributed by atoms with Crippen molar-refractivity contribution in [1.29, 1.82) is 0 Å². The number of rotatable bonds is 1. The number of carbonyl (C=O) groups is 1. The Labute approximate surface area is 140 Å². The topological polar surface area (TPSA) is 26.3 Å². The molecule has 0 saturated heterocycles. The highest BCUT2D eigenvalue weighted by molar-refractivity contribution is 7.99. The number of para-hydroxylation sites is 2. The lowest BCUT2D eigenvalue weighted by atomic mass is 9.75. The van der Waals surface area contributed by atoms with Crippen molar-refractivity contribution in [2.45, 2.75) is 36.5 Å². The first-order valence-electron chi connectivity index (χ1n) is 7.83. The lowest BCUT2D eigenvalue weighted by molar-refractivity contribution is -0.116. The first-order chi connectivity index (χ1) is 11.0. The number of fused-ring (bicyclic) bond motifs is 2. The Bertz CT molecular complexity index is 833. The minimum absolute atomic E-state index is 0.00358. The van der Waals surface area contributed by atoms with E-state index in [9.17, 15) is 4.79 Å². The normalized spacial score (nSPS) is 18.5. The van der Waals surface area contributed by atoms with Crippen molar-refractivity contribution in [3.63, 3.8) is 0 Å². The number of ether oxygens (including phenoxy) is 1. The summed E-state index contributed by atoms with van der Waals surface area (Å²) in [7, 11) is 0. The minimum Gasteiger partial charge on any atom is -0.454 e. The van der Waals surface area contributed by atoms with Gasteiger partial charge in [-0.15, -0.1) is 0 Å². The fourth-order valence-electron chi connectivity index (χ4n) is 3.32. The molecule has 0 bridgehead atoms. The quantitative estimate of drug-likeness (QED) is 0.573. The summed E-state index contributed by atoms with van der Waals surface area (Å²) in [6.45, 7) is 4.30. The van der Waals surface area contributed by atoms with E-state index in [-0.39, 0.29) is 11.2 Å². The Hall–Kier alpha value is -2.00. The molecule has 23 heavy (non-hydrogen) atoms. The maximum absolute atomic E-state index is 12.1. The molecule has 1 heterocycles. The summed E-state index contributed by atoms with van der Waals surface area (Å²) in [6, 6.07) is 14.3. The highest BCUT2D eigenvalue weighted by atomic mass is 32.2. The Morgan fingerprint density at radius 3 is 2.61 bits per heavy atom. The maximum Gasteiger partial charge on any atom is 0.156 e. The highest BCUT2D eigenvalue weighted by Gasteiger charge is 2.30. The van der Waals surface area contributed by atoms with E-state index in [1.807, 2.05) is 24.3 Å². The van der Waals surface area contributed by atoms with Crippen LogP contribution in [0.3, 0.4) is 0 Å². The number of ketones is 1. The predicted molar refractivity (Wildman–Crippen MR) is 93.1 cm³/mol. The monoisotopic (exact) mass is 322 g/mol. The second-order valence-corrected chi connectivity index (χ2v) is 8.02. The molecule has 1 aliphatic carbocycles. The fraction of sp³-hybridized carbons (Fsp3) is 0.250. The minimum atomic E-state index is 0.00358. The summed E-state index contributed by atoms with van der Waals surface area (Å²) < 4.78 is 6.19. The van der Waals surface area contributed by atoms with Crippen molar-refractivity contribution in [3.05, 3.63) is 54.1 Å². The van der Waals surface area contributed by atoms with Gasteiger partial charge in [0, 0.05) is 12.0 Å². The molecule has 0 amide bonds. The zero-order valence-corrected chi connectivity index (χ0v) is 14.1. The molecule has 4 rings (SSSR count). The number of benzene rings is 2. The average molecular weight is 322 g/mol. The fourth-order valence-corrected chi connectivity index (χ4v) is 4.31. The molecule has 0 N–H and O–H groups in total. The Morgan fingerprint density at radius 1 is 1.00 bits per heavy atom. The molecule has 116 valence electrons. The Balaban J connectivity index is 1.80. The molecule has 3 heteroatoms. The first kappa shape index (κ1) is 14.6. The smallest absolute Gasteiger partial charge is 0.156 e. The van der Waals surface area contributed by atoms with Crippen molar-refractivity contribution >= 4 is 23.1 Å². The van der Waals surface area contributed by atoms with Crippen LogP contribution in [0.1, 0.15) is 32.3 Å². The standard InChI is InChI=1S/C20H18O2S/c1-20(2)11-13(10-14(21)12-20)15-6-5-9-18-19(15)22-16-7-3-4-8-17(16)23-18/h3-10H,11-12H2,1-2H3. The van der Waals surface area contributed by atoms with Gasteiger partial charge >= 0.3 is 0 Å². The molecule has 2 aromatic rings. The van der Waals surface area contributed by atoms with Gasteiger partial charge in [-0.3, -0.25) is 4.79 Å². The van der Waals surface area contributed by atoms with Gasteiger partial charge in [0.25, 0.3) is 0 Å².